The smallest absolute Gasteiger partial charge is 0.202 e. The first-order valence-electron chi connectivity index (χ1n) is 12.3. The van der Waals surface area contributed by atoms with Crippen molar-refractivity contribution in [3.63, 3.8) is 0 Å². The predicted molar refractivity (Wildman–Crippen MR) is 139 cm³/mol. The van der Waals surface area contributed by atoms with Gasteiger partial charge >= 0.3 is 0 Å². The Morgan fingerprint density at radius 1 is 1.03 bits per heavy atom. The molecule has 6 heteroatoms. The molecule has 1 heterocycles. The van der Waals surface area contributed by atoms with E-state index in [1.807, 2.05) is 12.3 Å². The van der Waals surface area contributed by atoms with E-state index < -0.39 is 0 Å². The van der Waals surface area contributed by atoms with Crippen molar-refractivity contribution in [1.82, 2.24) is 4.98 Å². The van der Waals surface area contributed by atoms with E-state index >= 15 is 0 Å². The van der Waals surface area contributed by atoms with Crippen LogP contribution in [0.2, 0.25) is 10.0 Å². The monoisotopic (exact) mass is 501 g/mol. The highest BCUT2D eigenvalue weighted by Gasteiger charge is 2.31. The van der Waals surface area contributed by atoms with Crippen molar-refractivity contribution in [3.8, 4) is 5.75 Å². The number of hydrogen-bond donors (Lipinski definition) is 0. The average Bonchev–Trinajstić information content (AvgIpc) is 3.27. The number of quaternary nitrogens is 1. The number of halogens is 2. The summed E-state index contributed by atoms with van der Waals surface area (Å²) in [4.78, 5) is 4.78. The summed E-state index contributed by atoms with van der Waals surface area (Å²) in [5, 5.41) is 1.05. The standard InChI is InChI=1S/C28H35Cl2N2O2/c1-32(2,16-9-17-33-23-14-15-25(29)26(30)18-23)20-24-19-31-28(34-24)27(21-10-5-3-6-11-21)22-12-7-4-8-13-22/h3,5-6,10-11,14-15,18-19,22,27H,4,7-9,12-13,16-17,20H2,1-2H3/q+1. The summed E-state index contributed by atoms with van der Waals surface area (Å²) in [6, 6.07) is 16.1. The van der Waals surface area contributed by atoms with Gasteiger partial charge in [0.05, 0.1) is 49.4 Å². The van der Waals surface area contributed by atoms with Gasteiger partial charge in [-0.1, -0.05) is 72.8 Å². The maximum absolute atomic E-state index is 6.40. The average molecular weight is 503 g/mol. The molecule has 0 radical (unpaired) electrons. The molecule has 0 amide bonds. The van der Waals surface area contributed by atoms with E-state index in [9.17, 15) is 0 Å². The zero-order valence-corrected chi connectivity index (χ0v) is 21.7. The first kappa shape index (κ1) is 25.1. The summed E-state index contributed by atoms with van der Waals surface area (Å²) in [5.41, 5.74) is 1.32. The predicted octanol–water partition coefficient (Wildman–Crippen LogP) is 7.74. The summed E-state index contributed by atoms with van der Waals surface area (Å²) in [6.07, 6.45) is 9.29. The van der Waals surface area contributed by atoms with Gasteiger partial charge in [-0.2, -0.15) is 0 Å². The molecule has 1 atom stereocenters. The molecule has 1 aromatic heterocycles. The van der Waals surface area contributed by atoms with Crippen molar-refractivity contribution >= 4 is 23.2 Å². The normalized spacial score (nSPS) is 15.9. The molecule has 3 aromatic rings. The third kappa shape index (κ3) is 6.78. The van der Waals surface area contributed by atoms with Gasteiger partial charge in [-0.15, -0.1) is 0 Å². The van der Waals surface area contributed by atoms with Crippen molar-refractivity contribution in [1.29, 1.82) is 0 Å². The molecule has 34 heavy (non-hydrogen) atoms. The van der Waals surface area contributed by atoms with E-state index in [0.717, 1.165) is 41.4 Å². The molecule has 0 spiro atoms. The fourth-order valence-electron chi connectivity index (χ4n) is 5.03. The first-order chi connectivity index (χ1) is 16.4. The van der Waals surface area contributed by atoms with E-state index in [0.29, 0.717) is 22.6 Å². The Labute approximate surface area is 213 Å². The van der Waals surface area contributed by atoms with Crippen LogP contribution < -0.4 is 4.74 Å². The molecular weight excluding hydrogens is 467 g/mol. The van der Waals surface area contributed by atoms with Gasteiger partial charge < -0.3 is 13.6 Å². The molecule has 4 nitrogen and oxygen atoms in total. The van der Waals surface area contributed by atoms with Gasteiger partial charge in [-0.3, -0.25) is 0 Å². The van der Waals surface area contributed by atoms with E-state index in [1.165, 1.54) is 37.7 Å². The first-order valence-corrected chi connectivity index (χ1v) is 13.1. The highest BCUT2D eigenvalue weighted by molar-refractivity contribution is 6.42. The Morgan fingerprint density at radius 2 is 1.79 bits per heavy atom. The molecule has 1 aliphatic rings. The molecule has 4 rings (SSSR count). The maximum atomic E-state index is 6.40. The lowest BCUT2D eigenvalue weighted by atomic mass is 9.77. The van der Waals surface area contributed by atoms with Gasteiger partial charge in [-0.25, -0.2) is 4.98 Å². The summed E-state index contributed by atoms with van der Waals surface area (Å²) < 4.78 is 13.1. The number of ether oxygens (including phenoxy) is 1. The van der Waals surface area contributed by atoms with Crippen LogP contribution in [-0.2, 0) is 6.54 Å². The minimum absolute atomic E-state index is 0.241. The molecular formula is C28H35Cl2N2O2+. The zero-order chi connectivity index (χ0) is 24.0. The number of rotatable bonds is 10. The molecule has 1 fully saturated rings. The molecule has 0 N–H and O–H groups in total. The van der Waals surface area contributed by atoms with Crippen molar-refractivity contribution < 1.29 is 13.6 Å². The topological polar surface area (TPSA) is 35.3 Å². The molecule has 0 saturated heterocycles. The Hall–Kier alpha value is -2.01. The van der Waals surface area contributed by atoms with E-state index in [4.69, 9.17) is 37.3 Å². The van der Waals surface area contributed by atoms with Gasteiger partial charge in [-0.05, 0) is 36.5 Å². The van der Waals surface area contributed by atoms with Gasteiger partial charge in [0, 0.05) is 12.5 Å². The Balaban J connectivity index is 1.35. The van der Waals surface area contributed by atoms with Crippen molar-refractivity contribution in [3.05, 3.63) is 82.0 Å². The lowest BCUT2D eigenvalue weighted by Gasteiger charge is -2.29. The Kier molecular flexibility index (Phi) is 8.57. The van der Waals surface area contributed by atoms with Crippen LogP contribution in [0.1, 0.15) is 61.7 Å². The van der Waals surface area contributed by atoms with Crippen LogP contribution in [0.3, 0.4) is 0 Å². The largest absolute Gasteiger partial charge is 0.493 e. The maximum Gasteiger partial charge on any atom is 0.202 e. The highest BCUT2D eigenvalue weighted by Crippen LogP contribution is 2.40. The number of benzene rings is 2. The molecule has 182 valence electrons. The third-order valence-corrected chi connectivity index (χ3v) is 7.51. The molecule has 2 aromatic carbocycles. The van der Waals surface area contributed by atoms with E-state index in [-0.39, 0.29) is 5.92 Å². The van der Waals surface area contributed by atoms with Gasteiger partial charge in [0.1, 0.15) is 12.3 Å². The minimum atomic E-state index is 0.241. The van der Waals surface area contributed by atoms with Gasteiger partial charge in [0.15, 0.2) is 5.76 Å². The number of aromatic nitrogens is 1. The zero-order valence-electron chi connectivity index (χ0n) is 20.2. The minimum Gasteiger partial charge on any atom is -0.493 e. The summed E-state index contributed by atoms with van der Waals surface area (Å²) >= 11 is 12.0. The fraction of sp³-hybridized carbons (Fsp3) is 0.464. The fourth-order valence-corrected chi connectivity index (χ4v) is 5.32. The van der Waals surface area contributed by atoms with Crippen LogP contribution in [0.15, 0.2) is 59.1 Å². The van der Waals surface area contributed by atoms with Crippen molar-refractivity contribution in [2.24, 2.45) is 5.92 Å². The van der Waals surface area contributed by atoms with Crippen LogP contribution in [0, 0.1) is 5.92 Å². The van der Waals surface area contributed by atoms with Crippen LogP contribution in [0.4, 0.5) is 0 Å². The molecule has 1 aliphatic carbocycles. The summed E-state index contributed by atoms with van der Waals surface area (Å²) in [5.74, 6) is 3.40. The molecule has 0 bridgehead atoms. The second-order valence-electron chi connectivity index (χ2n) is 10.0. The molecule has 1 unspecified atom stereocenters. The van der Waals surface area contributed by atoms with E-state index in [1.54, 1.807) is 12.1 Å². The van der Waals surface area contributed by atoms with Crippen LogP contribution in [-0.4, -0.2) is 36.7 Å². The Morgan fingerprint density at radius 3 is 2.53 bits per heavy atom. The summed E-state index contributed by atoms with van der Waals surface area (Å²) in [7, 11) is 4.44. The van der Waals surface area contributed by atoms with Crippen LogP contribution in [0.5, 0.6) is 5.75 Å². The SMILES string of the molecule is C[N+](C)(CCCOc1ccc(Cl)c(Cl)c1)Cc1cnc(C(c2ccccc2)C2CCCCC2)o1. The quantitative estimate of drug-likeness (QED) is 0.210. The lowest BCUT2D eigenvalue weighted by molar-refractivity contribution is -0.904. The number of hydrogen-bond acceptors (Lipinski definition) is 3. The molecule has 1 saturated carbocycles. The lowest BCUT2D eigenvalue weighted by Crippen LogP contribution is -2.40. The number of nitrogens with zero attached hydrogens (tertiary/aromatic N) is 2. The van der Waals surface area contributed by atoms with E-state index in [2.05, 4.69) is 44.4 Å². The van der Waals surface area contributed by atoms with Crippen LogP contribution >= 0.6 is 23.2 Å². The Bertz CT molecular complexity index is 1050. The second kappa shape index (κ2) is 11.6. The molecule has 0 aliphatic heterocycles. The number of oxazole rings is 1. The van der Waals surface area contributed by atoms with Gasteiger partial charge in [0.25, 0.3) is 0 Å². The van der Waals surface area contributed by atoms with Crippen molar-refractivity contribution in [2.45, 2.75) is 51.0 Å². The highest BCUT2D eigenvalue weighted by atomic mass is 35.5. The van der Waals surface area contributed by atoms with Gasteiger partial charge in [0.2, 0.25) is 5.89 Å². The van der Waals surface area contributed by atoms with Crippen LogP contribution in [0.25, 0.3) is 0 Å². The second-order valence-corrected chi connectivity index (χ2v) is 10.9. The van der Waals surface area contributed by atoms with Crippen molar-refractivity contribution in [2.75, 3.05) is 27.2 Å². The summed E-state index contributed by atoms with van der Waals surface area (Å²) in [6.45, 7) is 2.38. The third-order valence-electron chi connectivity index (χ3n) is 6.77.